The van der Waals surface area contributed by atoms with Crippen molar-refractivity contribution in [2.24, 2.45) is 0 Å². The molecule has 4 rings (SSSR count). The second-order valence-corrected chi connectivity index (χ2v) is 9.03. The molecule has 1 atom stereocenters. The summed E-state index contributed by atoms with van der Waals surface area (Å²) in [6.07, 6.45) is 2.75. The maximum absolute atomic E-state index is 13.2. The molecule has 0 N–H and O–H groups in total. The number of anilines is 1. The van der Waals surface area contributed by atoms with Gasteiger partial charge in [-0.2, -0.15) is 4.98 Å². The smallest absolute Gasteiger partial charge is 0.247 e. The Labute approximate surface area is 204 Å². The lowest BCUT2D eigenvalue weighted by Crippen LogP contribution is -2.37. The molecule has 0 unspecified atom stereocenters. The van der Waals surface area contributed by atoms with E-state index in [0.717, 1.165) is 47.6 Å². The Morgan fingerprint density at radius 3 is 2.59 bits per heavy atom. The minimum atomic E-state index is -0.694. The fraction of sp³-hybridized carbons (Fsp3) is 0.385. The fourth-order valence-corrected chi connectivity index (χ4v) is 4.55. The number of fused-ring (bicyclic) bond motifs is 3. The second-order valence-electron chi connectivity index (χ2n) is 7.97. The summed E-state index contributed by atoms with van der Waals surface area (Å²) in [5.41, 5.74) is 2.86. The molecule has 8 heteroatoms. The van der Waals surface area contributed by atoms with Crippen LogP contribution in [0.5, 0.6) is 11.6 Å². The van der Waals surface area contributed by atoms with Crippen LogP contribution in [0, 0.1) is 0 Å². The van der Waals surface area contributed by atoms with Gasteiger partial charge in [0, 0.05) is 23.3 Å². The van der Waals surface area contributed by atoms with E-state index < -0.39 is 6.23 Å². The molecule has 7 nitrogen and oxygen atoms in total. The average molecular weight is 479 g/mol. The molecule has 1 amide bonds. The predicted octanol–water partition coefficient (Wildman–Crippen LogP) is 6.05. The van der Waals surface area contributed by atoms with E-state index in [9.17, 15) is 4.79 Å². The number of para-hydroxylation sites is 1. The Morgan fingerprint density at radius 2 is 1.85 bits per heavy atom. The van der Waals surface area contributed by atoms with Crippen molar-refractivity contribution in [1.29, 1.82) is 0 Å². The number of carbonyl (C=O) groups excluding carboxylic acids is 1. The topological polar surface area (TPSA) is 77.4 Å². The van der Waals surface area contributed by atoms with Crippen LogP contribution < -0.4 is 14.4 Å². The number of carbonyl (C=O) groups is 1. The van der Waals surface area contributed by atoms with Crippen LogP contribution in [0.4, 0.5) is 5.69 Å². The van der Waals surface area contributed by atoms with E-state index in [1.807, 2.05) is 55.5 Å². The van der Waals surface area contributed by atoms with Gasteiger partial charge < -0.3 is 9.47 Å². The molecule has 0 spiro atoms. The molecule has 3 aromatic rings. The van der Waals surface area contributed by atoms with Gasteiger partial charge in [-0.1, -0.05) is 57.2 Å². The van der Waals surface area contributed by atoms with Crippen LogP contribution in [-0.2, 0) is 4.79 Å². The molecule has 1 aliphatic rings. The number of hydrogen-bond donors (Lipinski definition) is 0. The number of rotatable bonds is 9. The summed E-state index contributed by atoms with van der Waals surface area (Å²) in [6.45, 7) is 6.73. The molecule has 0 saturated heterocycles. The zero-order valence-electron chi connectivity index (χ0n) is 19.9. The van der Waals surface area contributed by atoms with Gasteiger partial charge in [0.1, 0.15) is 5.75 Å². The Hall–Kier alpha value is -3.13. The van der Waals surface area contributed by atoms with Gasteiger partial charge in [-0.25, -0.2) is 0 Å². The molecule has 0 radical (unpaired) electrons. The molecule has 34 heavy (non-hydrogen) atoms. The highest BCUT2D eigenvalue weighted by Gasteiger charge is 2.35. The van der Waals surface area contributed by atoms with Crippen molar-refractivity contribution >= 4 is 23.4 Å². The molecule has 178 valence electrons. The second kappa shape index (κ2) is 11.3. The van der Waals surface area contributed by atoms with E-state index in [1.165, 1.54) is 0 Å². The van der Waals surface area contributed by atoms with Gasteiger partial charge in [0.2, 0.25) is 23.2 Å². The first kappa shape index (κ1) is 24.0. The number of thioether (sulfide) groups is 1. The quantitative estimate of drug-likeness (QED) is 0.273. The maximum atomic E-state index is 13.2. The monoisotopic (exact) mass is 478 g/mol. The first-order chi connectivity index (χ1) is 16.7. The lowest BCUT2D eigenvalue weighted by molar-refractivity contribution is -0.120. The van der Waals surface area contributed by atoms with E-state index in [2.05, 4.69) is 24.0 Å². The Bertz CT molecular complexity index is 1120. The predicted molar refractivity (Wildman–Crippen MR) is 134 cm³/mol. The average Bonchev–Trinajstić information content (AvgIpc) is 3.02. The van der Waals surface area contributed by atoms with Crippen molar-refractivity contribution in [3.63, 3.8) is 0 Å². The third-order valence-corrected chi connectivity index (χ3v) is 6.37. The lowest BCUT2D eigenvalue weighted by Gasteiger charge is -2.30. The molecular weight excluding hydrogens is 448 g/mol. The van der Waals surface area contributed by atoms with Crippen LogP contribution in [0.1, 0.15) is 58.2 Å². The van der Waals surface area contributed by atoms with Crippen molar-refractivity contribution in [3.05, 3.63) is 54.1 Å². The highest BCUT2D eigenvalue weighted by Crippen LogP contribution is 2.43. The number of hydrogen-bond acceptors (Lipinski definition) is 7. The van der Waals surface area contributed by atoms with Crippen molar-refractivity contribution in [1.82, 2.24) is 15.2 Å². The van der Waals surface area contributed by atoms with E-state index >= 15 is 0 Å². The fourth-order valence-electron chi connectivity index (χ4n) is 3.69. The zero-order chi connectivity index (χ0) is 23.9. The zero-order valence-corrected chi connectivity index (χ0v) is 20.7. The van der Waals surface area contributed by atoms with E-state index in [-0.39, 0.29) is 5.91 Å². The highest BCUT2D eigenvalue weighted by molar-refractivity contribution is 7.99. The summed E-state index contributed by atoms with van der Waals surface area (Å²) in [7, 11) is 0. The van der Waals surface area contributed by atoms with Crippen LogP contribution in [0.2, 0.25) is 0 Å². The summed E-state index contributed by atoms with van der Waals surface area (Å²) >= 11 is 1.56. The Morgan fingerprint density at radius 1 is 1.06 bits per heavy atom. The van der Waals surface area contributed by atoms with E-state index in [4.69, 9.17) is 14.5 Å². The molecule has 2 heterocycles. The third kappa shape index (κ3) is 5.17. The van der Waals surface area contributed by atoms with Crippen LogP contribution in [0.3, 0.4) is 0 Å². The number of unbranched alkanes of at least 4 members (excludes halogenated alkanes) is 1. The van der Waals surface area contributed by atoms with Crippen LogP contribution in [0.25, 0.3) is 11.3 Å². The SMILES string of the molecule is CCCCSc1nnc2c(n1)O[C@H](c1ccc(OCCC)cc1)N(C(=O)CC)c1ccccc1-2. The lowest BCUT2D eigenvalue weighted by atomic mass is 10.1. The first-order valence-electron chi connectivity index (χ1n) is 11.8. The summed E-state index contributed by atoms with van der Waals surface area (Å²) in [5.74, 6) is 2.02. The summed E-state index contributed by atoms with van der Waals surface area (Å²) in [6, 6.07) is 15.4. The number of nitrogens with zero attached hydrogens (tertiary/aromatic N) is 4. The summed E-state index contributed by atoms with van der Waals surface area (Å²) < 4.78 is 12.2. The number of amides is 1. The maximum Gasteiger partial charge on any atom is 0.247 e. The van der Waals surface area contributed by atoms with Crippen molar-refractivity contribution < 1.29 is 14.3 Å². The molecule has 0 saturated carbocycles. The molecule has 0 aliphatic carbocycles. The van der Waals surface area contributed by atoms with Gasteiger partial charge in [0.05, 0.1) is 12.3 Å². The molecule has 2 aromatic carbocycles. The minimum absolute atomic E-state index is 0.0536. The van der Waals surface area contributed by atoms with Crippen LogP contribution >= 0.6 is 11.8 Å². The normalized spacial score (nSPS) is 14.6. The van der Waals surface area contributed by atoms with Crippen LogP contribution in [-0.4, -0.2) is 33.4 Å². The van der Waals surface area contributed by atoms with Crippen LogP contribution in [0.15, 0.2) is 53.7 Å². The number of aromatic nitrogens is 3. The first-order valence-corrected chi connectivity index (χ1v) is 12.8. The number of benzene rings is 2. The third-order valence-electron chi connectivity index (χ3n) is 5.45. The standard InChI is InChI=1S/C26H30N4O3S/c1-4-7-17-34-26-27-24-23(28-29-26)20-10-8-9-11-21(20)30(22(31)6-3)25(33-24)18-12-14-19(15-13-18)32-16-5-2/h8-15,25H,4-7,16-17H2,1-3H3/t25-/m1/s1. The molecular formula is C26H30N4O3S. The van der Waals surface area contributed by atoms with Crippen molar-refractivity contribution in [2.45, 2.75) is 57.8 Å². The summed E-state index contributed by atoms with van der Waals surface area (Å²) in [5, 5.41) is 9.38. The molecule has 1 aliphatic heterocycles. The largest absolute Gasteiger partial charge is 0.494 e. The molecule has 0 fully saturated rings. The molecule has 0 bridgehead atoms. The van der Waals surface area contributed by atoms with Gasteiger partial charge in [0.25, 0.3) is 0 Å². The van der Waals surface area contributed by atoms with Gasteiger partial charge in [-0.3, -0.25) is 9.69 Å². The van der Waals surface area contributed by atoms with Gasteiger partial charge in [-0.15, -0.1) is 10.2 Å². The van der Waals surface area contributed by atoms with Gasteiger partial charge >= 0.3 is 0 Å². The van der Waals surface area contributed by atoms with Crippen molar-refractivity contribution in [3.8, 4) is 22.9 Å². The Kier molecular flexibility index (Phi) is 8.00. The van der Waals surface area contributed by atoms with E-state index in [1.54, 1.807) is 16.7 Å². The van der Waals surface area contributed by atoms with Gasteiger partial charge in [-0.05, 0) is 43.2 Å². The van der Waals surface area contributed by atoms with E-state index in [0.29, 0.717) is 29.8 Å². The van der Waals surface area contributed by atoms with Crippen molar-refractivity contribution in [2.75, 3.05) is 17.3 Å². The highest BCUT2D eigenvalue weighted by atomic mass is 32.2. The van der Waals surface area contributed by atoms with Gasteiger partial charge in [0.15, 0.2) is 5.69 Å². The number of ether oxygens (including phenoxy) is 2. The summed E-state index contributed by atoms with van der Waals surface area (Å²) in [4.78, 5) is 19.6. The molecule has 1 aromatic heterocycles. The Balaban J connectivity index is 1.79. The minimum Gasteiger partial charge on any atom is -0.494 e.